The second-order valence-electron chi connectivity index (χ2n) is 45.8. The van der Waals surface area contributed by atoms with Crippen LogP contribution in [-0.4, -0.2) is 69.4 Å². The molecule has 13 aliphatic carbocycles. The molecule has 0 radical (unpaired) electrons. The molecule has 10 bridgehead atoms. The van der Waals surface area contributed by atoms with Gasteiger partial charge in [-0.25, -0.2) is 0 Å². The van der Waals surface area contributed by atoms with Crippen LogP contribution in [0.25, 0.3) is 0 Å². The lowest BCUT2D eigenvalue weighted by molar-refractivity contribution is -0.231. The van der Waals surface area contributed by atoms with Crippen molar-refractivity contribution in [2.45, 2.75) is 460 Å². The van der Waals surface area contributed by atoms with Gasteiger partial charge < -0.3 is 28.4 Å². The van der Waals surface area contributed by atoms with E-state index in [1.165, 1.54) is 128 Å². The van der Waals surface area contributed by atoms with Crippen LogP contribution < -0.4 is 0 Å². The molecule has 654 valence electrons. The number of hydrogen-bond donors (Lipinski definition) is 0. The average Bonchev–Trinajstić information content (AvgIpc) is 1.53. The van der Waals surface area contributed by atoms with Gasteiger partial charge in [-0.2, -0.15) is 0 Å². The summed E-state index contributed by atoms with van der Waals surface area (Å²) < 4.78 is 36.5. The lowest BCUT2D eigenvalue weighted by Gasteiger charge is -2.62. The van der Waals surface area contributed by atoms with Crippen molar-refractivity contribution >= 4 is 35.8 Å². The third-order valence-electron chi connectivity index (χ3n) is 34.6. The maximum absolute atomic E-state index is 12.9. The van der Waals surface area contributed by atoms with Crippen LogP contribution in [0, 0.1) is 145 Å². The zero-order valence-corrected chi connectivity index (χ0v) is 79.2. The normalized spacial score (nSPS) is 33.8. The molecule has 0 aromatic rings. The molecular weight excluding hydrogens is 1410 g/mol. The Morgan fingerprint density at radius 1 is 0.301 bits per heavy atom. The first kappa shape index (κ1) is 96.9. The van der Waals surface area contributed by atoms with Gasteiger partial charge in [-0.05, 0) is 383 Å². The maximum atomic E-state index is 12.9. The minimum atomic E-state index is -0.356. The van der Waals surface area contributed by atoms with Crippen LogP contribution in [0.4, 0.5) is 0 Å². The molecular formula is C101H178O12. The second-order valence-corrected chi connectivity index (χ2v) is 45.8. The predicted octanol–water partition coefficient (Wildman–Crippen LogP) is 26.9. The van der Waals surface area contributed by atoms with Gasteiger partial charge in [-0.15, -0.1) is 0 Å². The molecule has 12 heteroatoms. The molecule has 13 unspecified atom stereocenters. The molecule has 0 aliphatic heterocycles. The molecule has 0 amide bonds. The summed E-state index contributed by atoms with van der Waals surface area (Å²) in [5.74, 6) is 13.5. The molecule has 0 aromatic heterocycles. The van der Waals surface area contributed by atoms with E-state index < -0.39 is 0 Å². The second kappa shape index (κ2) is 37.8. The van der Waals surface area contributed by atoms with Gasteiger partial charge in [0.05, 0.1) is 32.5 Å². The van der Waals surface area contributed by atoms with Gasteiger partial charge in [-0.3, -0.25) is 28.8 Å². The van der Waals surface area contributed by atoms with Gasteiger partial charge >= 0.3 is 35.8 Å². The topological polar surface area (TPSA) is 158 Å². The predicted molar refractivity (Wildman–Crippen MR) is 462 cm³/mol. The van der Waals surface area contributed by atoms with Gasteiger partial charge in [0.25, 0.3) is 0 Å². The fraction of sp³-hybridized carbons (Fsp3) is 0.941. The van der Waals surface area contributed by atoms with Crippen LogP contribution in [0.15, 0.2) is 0 Å². The van der Waals surface area contributed by atoms with Gasteiger partial charge in [0.2, 0.25) is 0 Å². The quantitative estimate of drug-likeness (QED) is 0.0512. The fourth-order valence-electron chi connectivity index (χ4n) is 23.4. The molecule has 13 saturated carbocycles. The standard InChI is InChI=1S/C21H34O2.C19H32O2.C19H34O2.C16H28O2.C15H28O2.C11H22O2/c1-6-20(4,5)19(22)23-21(12(2)3)11-15-10-16(21)18-14-8-7-13(9-14)17(15)18;1-6-18(4,5)17(20)21-19(12(2)3)15-8-13-7-14(10-15)11-16(19)9-13;1-6-18(4,5)17(20)21-19(14(2)3)12-11-15-9-7-8-10-16(15)13-19;1-6-15(4,5)14(17)18-16(11(2)3)10-12-7-8-13(16)9-12;1-6-14(4,5)13(16)17-15(12(2)3)10-8-7-9-11-15;1-7-10(3,4)9(12)13-11(5,6)8-2/h12-18H,6-11H2,1-5H3;12-16H,6-11H2,1-5H3;14-16H,6-13H2,1-5H3;11-13H,6-10H2,1-5H3;12H,6-11H2,1-5H3;7-8H2,1-6H3. The van der Waals surface area contributed by atoms with Gasteiger partial charge in [0.1, 0.15) is 33.6 Å². The molecule has 0 aromatic carbocycles. The van der Waals surface area contributed by atoms with E-state index in [0.717, 1.165) is 143 Å². The third-order valence-corrected chi connectivity index (χ3v) is 34.6. The first-order valence-corrected chi connectivity index (χ1v) is 47.7. The average molecular weight is 1580 g/mol. The SMILES string of the molecule is CCC(C)(C)C(=O)OC1(C(C)C)C2CC3CC(C2)CC1C3.CCC(C)(C)C(=O)OC1(C(C)C)CC2CC1C1C3CCC(C3)C21.CCC(C)(C)C(=O)OC1(C(C)C)CC2CCC1C2.CCC(C)(C)C(=O)OC1(C(C)C)CCC2CCCCC2C1.CCC(C)(C)C(=O)OC1(C(C)C)CCCCC1.CCC(C)(C)OC(=O)C(C)(C)CC. The van der Waals surface area contributed by atoms with Crippen molar-refractivity contribution in [1.29, 1.82) is 0 Å². The van der Waals surface area contributed by atoms with Crippen LogP contribution in [0.2, 0.25) is 0 Å². The van der Waals surface area contributed by atoms with Crippen LogP contribution in [0.3, 0.4) is 0 Å². The highest BCUT2D eigenvalue weighted by atomic mass is 16.6. The minimum Gasteiger partial charge on any atom is -0.459 e. The number of carbonyl (C=O) groups is 6. The van der Waals surface area contributed by atoms with E-state index in [2.05, 4.69) is 96.9 Å². The number of esters is 6. The number of rotatable bonds is 24. The Morgan fingerprint density at radius 2 is 0.708 bits per heavy atom. The molecule has 0 saturated heterocycles. The van der Waals surface area contributed by atoms with Crippen molar-refractivity contribution in [2.24, 2.45) is 145 Å². The van der Waals surface area contributed by atoms with Gasteiger partial charge in [-0.1, -0.05) is 150 Å². The zero-order valence-electron chi connectivity index (χ0n) is 79.2. The minimum absolute atomic E-state index is 0.00579. The molecule has 13 fully saturated rings. The molecule has 13 rings (SSSR count). The lowest BCUT2D eigenvalue weighted by atomic mass is 9.47. The fourth-order valence-corrected chi connectivity index (χ4v) is 23.4. The summed E-state index contributed by atoms with van der Waals surface area (Å²) in [5.41, 5.74) is -3.33. The summed E-state index contributed by atoms with van der Waals surface area (Å²) in [4.78, 5) is 74.6. The van der Waals surface area contributed by atoms with Gasteiger partial charge in [0.15, 0.2) is 0 Å². The smallest absolute Gasteiger partial charge is 0.312 e. The highest BCUT2D eigenvalue weighted by molar-refractivity contribution is 5.79. The molecule has 13 aliphatic rings. The van der Waals surface area contributed by atoms with Crippen LogP contribution in [0.1, 0.15) is 427 Å². The largest absolute Gasteiger partial charge is 0.459 e. The summed E-state index contributed by atoms with van der Waals surface area (Å²) in [7, 11) is 0. The summed E-state index contributed by atoms with van der Waals surface area (Å²) in [6.45, 7) is 64.6. The van der Waals surface area contributed by atoms with E-state index in [4.69, 9.17) is 28.4 Å². The Hall–Kier alpha value is -3.18. The van der Waals surface area contributed by atoms with Crippen LogP contribution in [0.5, 0.6) is 0 Å². The van der Waals surface area contributed by atoms with E-state index in [1.54, 1.807) is 0 Å². The first-order valence-electron chi connectivity index (χ1n) is 47.7. The van der Waals surface area contributed by atoms with Crippen molar-refractivity contribution < 1.29 is 57.2 Å². The Balaban J connectivity index is 0.000000190. The Bertz CT molecular complexity index is 3080. The van der Waals surface area contributed by atoms with Crippen LogP contribution in [-0.2, 0) is 57.2 Å². The Labute approximate surface area is 694 Å². The van der Waals surface area contributed by atoms with Crippen molar-refractivity contribution in [2.75, 3.05) is 0 Å². The Morgan fingerprint density at radius 3 is 1.12 bits per heavy atom. The highest BCUT2D eigenvalue weighted by Crippen LogP contribution is 2.72. The Kier molecular flexibility index (Phi) is 32.5. The summed E-state index contributed by atoms with van der Waals surface area (Å²) in [6.07, 6.45) is 39.0. The number of fused-ring (bicyclic) bond motifs is 12. The van der Waals surface area contributed by atoms with Crippen molar-refractivity contribution in [3.8, 4) is 0 Å². The summed E-state index contributed by atoms with van der Waals surface area (Å²) in [5, 5.41) is 0. The number of hydrogen-bond acceptors (Lipinski definition) is 12. The summed E-state index contributed by atoms with van der Waals surface area (Å²) in [6, 6.07) is 0. The maximum Gasteiger partial charge on any atom is 0.312 e. The lowest BCUT2D eigenvalue weighted by Crippen LogP contribution is -2.63. The van der Waals surface area contributed by atoms with E-state index in [0.29, 0.717) is 53.3 Å². The zero-order chi connectivity index (χ0) is 85.0. The summed E-state index contributed by atoms with van der Waals surface area (Å²) >= 11 is 0. The van der Waals surface area contributed by atoms with Crippen molar-refractivity contribution in [1.82, 2.24) is 0 Å². The van der Waals surface area contributed by atoms with Crippen molar-refractivity contribution in [3.63, 3.8) is 0 Å². The third kappa shape index (κ3) is 21.2. The monoisotopic (exact) mass is 1580 g/mol. The van der Waals surface area contributed by atoms with Crippen molar-refractivity contribution in [3.05, 3.63) is 0 Å². The molecule has 13 atom stereocenters. The number of ether oxygens (including phenoxy) is 6. The first-order chi connectivity index (χ1) is 52.3. The van der Waals surface area contributed by atoms with E-state index in [-0.39, 0.29) is 102 Å². The highest BCUT2D eigenvalue weighted by Gasteiger charge is 2.70. The molecule has 0 N–H and O–H groups in total. The molecule has 0 spiro atoms. The van der Waals surface area contributed by atoms with Gasteiger partial charge in [0, 0.05) is 5.92 Å². The van der Waals surface area contributed by atoms with E-state index in [1.807, 2.05) is 118 Å². The number of carbonyl (C=O) groups excluding carboxylic acids is 6. The van der Waals surface area contributed by atoms with E-state index >= 15 is 0 Å². The van der Waals surface area contributed by atoms with Crippen LogP contribution >= 0.6 is 0 Å². The molecule has 12 nitrogen and oxygen atoms in total. The molecule has 0 heterocycles. The van der Waals surface area contributed by atoms with E-state index in [9.17, 15) is 28.8 Å². The molecule has 113 heavy (non-hydrogen) atoms.